The first kappa shape index (κ1) is 12.3. The van der Waals surface area contributed by atoms with Gasteiger partial charge in [0, 0.05) is 13.1 Å². The summed E-state index contributed by atoms with van der Waals surface area (Å²) in [5, 5.41) is 8.83. The van der Waals surface area contributed by atoms with Crippen molar-refractivity contribution in [2.75, 3.05) is 20.2 Å². The number of likely N-dealkylation sites (tertiary alicyclic amines) is 1. The predicted molar refractivity (Wildman–Crippen MR) is 60.3 cm³/mol. The minimum atomic E-state index is -0.578. The van der Waals surface area contributed by atoms with Gasteiger partial charge in [0.25, 0.3) is 0 Å². The molecule has 0 atom stereocenters. The largest absolute Gasteiger partial charge is 0.465 e. The van der Waals surface area contributed by atoms with Crippen molar-refractivity contribution in [2.45, 2.75) is 19.8 Å². The predicted octanol–water partition coefficient (Wildman–Crippen LogP) is 1.61. The topological polar surface area (TPSA) is 53.3 Å². The first-order chi connectivity index (χ1) is 7.69. The average Bonchev–Trinajstić information content (AvgIpc) is 2.79. The van der Waals surface area contributed by atoms with Crippen molar-refractivity contribution in [1.82, 2.24) is 4.90 Å². The third-order valence-electron chi connectivity index (χ3n) is 2.57. The smallest absolute Gasteiger partial charge is 0.348 e. The second-order valence-corrected chi connectivity index (χ2v) is 3.72. The molecule has 0 aromatic carbocycles. The Morgan fingerprint density at radius 1 is 1.44 bits per heavy atom. The quantitative estimate of drug-likeness (QED) is 0.314. The molecule has 1 fully saturated rings. The lowest BCUT2D eigenvalue weighted by atomic mass is 10.1. The maximum Gasteiger partial charge on any atom is 0.348 e. The monoisotopic (exact) mass is 220 g/mol. The summed E-state index contributed by atoms with van der Waals surface area (Å²) in [6.07, 6.45) is 6.13. The van der Waals surface area contributed by atoms with E-state index in [-0.39, 0.29) is 5.57 Å². The highest BCUT2D eigenvalue weighted by molar-refractivity contribution is 5.93. The van der Waals surface area contributed by atoms with Gasteiger partial charge in [-0.3, -0.25) is 0 Å². The molecule has 0 spiro atoms. The van der Waals surface area contributed by atoms with Crippen molar-refractivity contribution in [2.24, 2.45) is 0 Å². The van der Waals surface area contributed by atoms with Crippen molar-refractivity contribution in [3.05, 3.63) is 23.4 Å². The van der Waals surface area contributed by atoms with Gasteiger partial charge in [0.1, 0.15) is 11.6 Å². The molecular formula is C12H16N2O2. The van der Waals surface area contributed by atoms with E-state index < -0.39 is 5.97 Å². The minimum Gasteiger partial charge on any atom is -0.465 e. The van der Waals surface area contributed by atoms with Crippen LogP contribution in [0.3, 0.4) is 0 Å². The van der Waals surface area contributed by atoms with Crippen LogP contribution in [0.2, 0.25) is 0 Å². The molecule has 0 aromatic heterocycles. The van der Waals surface area contributed by atoms with Gasteiger partial charge in [-0.25, -0.2) is 4.79 Å². The summed E-state index contributed by atoms with van der Waals surface area (Å²) in [6, 6.07) is 1.86. The Kier molecular flexibility index (Phi) is 4.59. The zero-order chi connectivity index (χ0) is 12.0. The van der Waals surface area contributed by atoms with E-state index in [0.717, 1.165) is 13.1 Å². The summed E-state index contributed by atoms with van der Waals surface area (Å²) in [5.41, 5.74) is 0.708. The molecule has 0 aliphatic carbocycles. The van der Waals surface area contributed by atoms with E-state index in [1.54, 1.807) is 13.0 Å². The van der Waals surface area contributed by atoms with Crippen molar-refractivity contribution < 1.29 is 9.53 Å². The molecule has 1 rings (SSSR count). The van der Waals surface area contributed by atoms with Gasteiger partial charge in [0.05, 0.1) is 7.11 Å². The summed E-state index contributed by atoms with van der Waals surface area (Å²) in [4.78, 5) is 13.4. The van der Waals surface area contributed by atoms with Gasteiger partial charge in [-0.05, 0) is 37.6 Å². The Morgan fingerprint density at radius 2 is 2.06 bits per heavy atom. The molecule has 1 aliphatic heterocycles. The normalized spacial score (nSPS) is 17.2. The maximum absolute atomic E-state index is 11.2. The third-order valence-corrected chi connectivity index (χ3v) is 2.57. The van der Waals surface area contributed by atoms with Crippen LogP contribution in [-0.4, -0.2) is 31.1 Å². The third kappa shape index (κ3) is 3.13. The van der Waals surface area contributed by atoms with Crippen molar-refractivity contribution >= 4 is 5.97 Å². The number of rotatable bonds is 3. The van der Waals surface area contributed by atoms with E-state index in [0.29, 0.717) is 5.57 Å². The average molecular weight is 220 g/mol. The SMILES string of the molecule is COC(=O)C(C#N)=C(C)C=CN1CCCC1. The first-order valence-corrected chi connectivity index (χ1v) is 5.30. The van der Waals surface area contributed by atoms with Gasteiger partial charge in [0.15, 0.2) is 0 Å². The molecule has 0 bridgehead atoms. The molecule has 0 unspecified atom stereocenters. The van der Waals surface area contributed by atoms with E-state index in [2.05, 4.69) is 9.64 Å². The highest BCUT2D eigenvalue weighted by atomic mass is 16.5. The lowest BCUT2D eigenvalue weighted by Crippen LogP contribution is -2.10. The molecule has 0 radical (unpaired) electrons. The number of hydrogen-bond acceptors (Lipinski definition) is 4. The molecule has 1 aliphatic rings. The van der Waals surface area contributed by atoms with Crippen LogP contribution in [0.15, 0.2) is 23.4 Å². The van der Waals surface area contributed by atoms with Crippen LogP contribution in [0, 0.1) is 11.3 Å². The van der Waals surface area contributed by atoms with Gasteiger partial charge in [-0.1, -0.05) is 0 Å². The van der Waals surface area contributed by atoms with E-state index in [4.69, 9.17) is 5.26 Å². The van der Waals surface area contributed by atoms with Crippen molar-refractivity contribution in [3.63, 3.8) is 0 Å². The Bertz CT molecular complexity index is 358. The fourth-order valence-corrected chi connectivity index (χ4v) is 1.59. The molecule has 0 N–H and O–H groups in total. The highest BCUT2D eigenvalue weighted by Gasteiger charge is 2.11. The van der Waals surface area contributed by atoms with Gasteiger partial charge in [-0.15, -0.1) is 0 Å². The zero-order valence-corrected chi connectivity index (χ0v) is 9.69. The summed E-state index contributed by atoms with van der Waals surface area (Å²) in [5.74, 6) is -0.578. The van der Waals surface area contributed by atoms with E-state index >= 15 is 0 Å². The van der Waals surface area contributed by atoms with Crippen LogP contribution >= 0.6 is 0 Å². The molecule has 0 amide bonds. The first-order valence-electron chi connectivity index (χ1n) is 5.30. The number of ether oxygens (including phenoxy) is 1. The Balaban J connectivity index is 2.73. The van der Waals surface area contributed by atoms with E-state index in [9.17, 15) is 4.79 Å². The second kappa shape index (κ2) is 5.96. The molecular weight excluding hydrogens is 204 g/mol. The van der Waals surface area contributed by atoms with Gasteiger partial charge in [0.2, 0.25) is 0 Å². The van der Waals surface area contributed by atoms with Gasteiger partial charge < -0.3 is 9.64 Å². The van der Waals surface area contributed by atoms with Crippen molar-refractivity contribution in [3.8, 4) is 6.07 Å². The van der Waals surface area contributed by atoms with E-state index in [1.165, 1.54) is 20.0 Å². The van der Waals surface area contributed by atoms with Crippen LogP contribution in [0.25, 0.3) is 0 Å². The van der Waals surface area contributed by atoms with Crippen molar-refractivity contribution in [1.29, 1.82) is 5.26 Å². The number of nitriles is 1. The molecule has 4 heteroatoms. The molecule has 16 heavy (non-hydrogen) atoms. The summed E-state index contributed by atoms with van der Waals surface area (Å²) in [7, 11) is 1.27. The maximum atomic E-state index is 11.2. The Morgan fingerprint density at radius 3 is 2.56 bits per heavy atom. The standard InChI is InChI=1S/C12H16N2O2/c1-10(11(9-13)12(15)16-2)5-8-14-6-3-4-7-14/h5,8H,3-4,6-7H2,1-2H3. The second-order valence-electron chi connectivity index (χ2n) is 3.72. The van der Waals surface area contributed by atoms with Crippen LogP contribution < -0.4 is 0 Å². The minimum absolute atomic E-state index is 0.0675. The molecule has 0 aromatic rings. The molecule has 1 heterocycles. The van der Waals surface area contributed by atoms with Crippen LogP contribution in [-0.2, 0) is 9.53 Å². The van der Waals surface area contributed by atoms with Gasteiger partial charge in [-0.2, -0.15) is 5.26 Å². The number of nitrogens with zero attached hydrogens (tertiary/aromatic N) is 2. The van der Waals surface area contributed by atoms with E-state index in [1.807, 2.05) is 12.3 Å². The number of carbonyl (C=O) groups is 1. The fraction of sp³-hybridized carbons (Fsp3) is 0.500. The summed E-state index contributed by atoms with van der Waals surface area (Å²) < 4.78 is 4.53. The number of allylic oxidation sites excluding steroid dienone is 2. The summed E-state index contributed by atoms with van der Waals surface area (Å²) in [6.45, 7) is 3.83. The fourth-order valence-electron chi connectivity index (χ4n) is 1.59. The van der Waals surface area contributed by atoms with Crippen LogP contribution in [0.1, 0.15) is 19.8 Å². The Labute approximate surface area is 95.8 Å². The molecule has 1 saturated heterocycles. The lowest BCUT2D eigenvalue weighted by Gasteiger charge is -2.10. The summed E-state index contributed by atoms with van der Waals surface area (Å²) >= 11 is 0. The molecule has 86 valence electrons. The zero-order valence-electron chi connectivity index (χ0n) is 9.69. The molecule has 0 saturated carbocycles. The number of methoxy groups -OCH3 is 1. The lowest BCUT2D eigenvalue weighted by molar-refractivity contribution is -0.135. The van der Waals surface area contributed by atoms with Crippen LogP contribution in [0.5, 0.6) is 0 Å². The Hall–Kier alpha value is -1.76. The number of carbonyl (C=O) groups excluding carboxylic acids is 1. The number of hydrogen-bond donors (Lipinski definition) is 0. The highest BCUT2D eigenvalue weighted by Crippen LogP contribution is 2.11. The van der Waals surface area contributed by atoms with Gasteiger partial charge >= 0.3 is 5.97 Å². The van der Waals surface area contributed by atoms with Crippen LogP contribution in [0.4, 0.5) is 0 Å². The number of esters is 1. The molecule has 4 nitrogen and oxygen atoms in total.